The largest absolute Gasteiger partial charge is 0.480 e. The molecule has 0 atom stereocenters. The van der Waals surface area contributed by atoms with Crippen molar-refractivity contribution in [3.05, 3.63) is 11.6 Å². The van der Waals surface area contributed by atoms with Crippen LogP contribution in [0.1, 0.15) is 6.42 Å². The first-order chi connectivity index (χ1) is 6.09. The van der Waals surface area contributed by atoms with Crippen molar-refractivity contribution >= 4 is 11.9 Å². The van der Waals surface area contributed by atoms with Crippen LogP contribution in [-0.2, 0) is 9.59 Å². The van der Waals surface area contributed by atoms with Gasteiger partial charge in [-0.3, -0.25) is 9.69 Å². The summed E-state index contributed by atoms with van der Waals surface area (Å²) in [5.74, 6) is -1.89. The number of carboxylic acids is 2. The molecular formula is C8H11NO4. The van der Waals surface area contributed by atoms with Crippen LogP contribution in [0, 0.1) is 0 Å². The molecule has 1 rings (SSSR count). The van der Waals surface area contributed by atoms with Crippen molar-refractivity contribution in [3.8, 4) is 0 Å². The van der Waals surface area contributed by atoms with Gasteiger partial charge in [0, 0.05) is 18.7 Å². The van der Waals surface area contributed by atoms with Gasteiger partial charge in [-0.25, -0.2) is 4.79 Å². The Morgan fingerprint density at radius 2 is 2.15 bits per heavy atom. The highest BCUT2D eigenvalue weighted by Crippen LogP contribution is 2.08. The van der Waals surface area contributed by atoms with Gasteiger partial charge in [-0.2, -0.15) is 0 Å². The normalized spacial score (nSPS) is 18.0. The van der Waals surface area contributed by atoms with Gasteiger partial charge in [0.15, 0.2) is 0 Å². The second kappa shape index (κ2) is 4.04. The van der Waals surface area contributed by atoms with Crippen molar-refractivity contribution in [1.82, 2.24) is 4.90 Å². The molecule has 0 saturated heterocycles. The summed E-state index contributed by atoms with van der Waals surface area (Å²) in [5, 5.41) is 17.1. The third kappa shape index (κ3) is 2.87. The lowest BCUT2D eigenvalue weighted by Crippen LogP contribution is -2.36. The molecule has 1 aliphatic heterocycles. The predicted octanol–water partition coefficient (Wildman–Crippen LogP) is -0.212. The van der Waals surface area contributed by atoms with Crippen LogP contribution in [0.25, 0.3) is 0 Å². The van der Waals surface area contributed by atoms with E-state index in [4.69, 9.17) is 10.2 Å². The Hall–Kier alpha value is -1.36. The van der Waals surface area contributed by atoms with Crippen molar-refractivity contribution in [3.63, 3.8) is 0 Å². The Morgan fingerprint density at radius 1 is 1.46 bits per heavy atom. The second-order valence-corrected chi connectivity index (χ2v) is 2.93. The van der Waals surface area contributed by atoms with Crippen LogP contribution in [0.2, 0.25) is 0 Å². The zero-order chi connectivity index (χ0) is 9.84. The lowest BCUT2D eigenvalue weighted by Gasteiger charge is -2.23. The minimum Gasteiger partial charge on any atom is -0.480 e. The molecule has 0 aromatic carbocycles. The minimum atomic E-state index is -0.963. The molecule has 2 N–H and O–H groups in total. The Morgan fingerprint density at radius 3 is 2.69 bits per heavy atom. The second-order valence-electron chi connectivity index (χ2n) is 2.93. The van der Waals surface area contributed by atoms with Crippen molar-refractivity contribution in [2.75, 3.05) is 19.6 Å². The molecule has 0 spiro atoms. The summed E-state index contributed by atoms with van der Waals surface area (Å²) < 4.78 is 0. The zero-order valence-electron chi connectivity index (χ0n) is 7.06. The van der Waals surface area contributed by atoms with E-state index in [0.29, 0.717) is 13.0 Å². The van der Waals surface area contributed by atoms with Crippen molar-refractivity contribution in [1.29, 1.82) is 0 Å². The summed E-state index contributed by atoms with van der Waals surface area (Å²) in [6, 6.07) is 0. The lowest BCUT2D eigenvalue weighted by atomic mass is 10.1. The number of carbonyl (C=O) groups is 2. The van der Waals surface area contributed by atoms with Crippen LogP contribution in [0.4, 0.5) is 0 Å². The summed E-state index contributed by atoms with van der Waals surface area (Å²) in [4.78, 5) is 22.5. The summed E-state index contributed by atoms with van der Waals surface area (Å²) in [5.41, 5.74) is 0.285. The first kappa shape index (κ1) is 9.73. The first-order valence-corrected chi connectivity index (χ1v) is 3.96. The summed E-state index contributed by atoms with van der Waals surface area (Å²) in [6.07, 6.45) is 2.25. The third-order valence-corrected chi connectivity index (χ3v) is 1.86. The number of carboxylic acid groups (broad SMARTS) is 2. The molecule has 5 nitrogen and oxygen atoms in total. The zero-order valence-corrected chi connectivity index (χ0v) is 7.06. The summed E-state index contributed by atoms with van der Waals surface area (Å²) in [7, 11) is 0. The van der Waals surface area contributed by atoms with E-state index in [1.807, 2.05) is 0 Å². The minimum absolute atomic E-state index is 0.0926. The van der Waals surface area contributed by atoms with Gasteiger partial charge < -0.3 is 10.2 Å². The van der Waals surface area contributed by atoms with Gasteiger partial charge in [0.2, 0.25) is 0 Å². The van der Waals surface area contributed by atoms with Gasteiger partial charge in [0.1, 0.15) is 0 Å². The molecule has 0 bridgehead atoms. The standard InChI is InChI=1S/C8H11NO4/c10-7(11)5-9-3-1-2-6(4-9)8(12)13/h2H,1,3-5H2,(H,10,11)(H,12,13). The van der Waals surface area contributed by atoms with Crippen molar-refractivity contribution in [2.24, 2.45) is 0 Å². The number of aliphatic carboxylic acids is 2. The van der Waals surface area contributed by atoms with E-state index >= 15 is 0 Å². The van der Waals surface area contributed by atoms with Gasteiger partial charge in [-0.1, -0.05) is 6.08 Å². The molecule has 0 fully saturated rings. The van der Waals surface area contributed by atoms with Crippen molar-refractivity contribution in [2.45, 2.75) is 6.42 Å². The van der Waals surface area contributed by atoms with Crippen molar-refractivity contribution < 1.29 is 19.8 Å². The highest BCUT2D eigenvalue weighted by atomic mass is 16.4. The molecule has 1 heterocycles. The van der Waals surface area contributed by atoms with Gasteiger partial charge in [-0.15, -0.1) is 0 Å². The molecule has 72 valence electrons. The SMILES string of the molecule is O=C(O)CN1CCC=C(C(=O)O)C1. The molecule has 13 heavy (non-hydrogen) atoms. The molecule has 0 saturated carbocycles. The van der Waals surface area contributed by atoms with Gasteiger partial charge in [0.05, 0.1) is 6.54 Å². The summed E-state index contributed by atoms with van der Waals surface area (Å²) in [6.45, 7) is 0.745. The average molecular weight is 185 g/mol. The topological polar surface area (TPSA) is 77.8 Å². The average Bonchev–Trinajstić information content (AvgIpc) is 2.03. The van der Waals surface area contributed by atoms with Gasteiger partial charge in [0.25, 0.3) is 0 Å². The van der Waals surface area contributed by atoms with Gasteiger partial charge in [-0.05, 0) is 6.42 Å². The fourth-order valence-corrected chi connectivity index (χ4v) is 1.29. The molecule has 0 radical (unpaired) electrons. The molecule has 0 aliphatic carbocycles. The number of hydrogen-bond acceptors (Lipinski definition) is 3. The van der Waals surface area contributed by atoms with Crippen LogP contribution in [-0.4, -0.2) is 46.7 Å². The maximum Gasteiger partial charge on any atom is 0.332 e. The molecule has 0 aromatic heterocycles. The van der Waals surface area contributed by atoms with E-state index in [2.05, 4.69) is 0 Å². The van der Waals surface area contributed by atoms with Crippen LogP contribution >= 0.6 is 0 Å². The highest BCUT2D eigenvalue weighted by molar-refractivity contribution is 5.87. The van der Waals surface area contributed by atoms with Crippen LogP contribution in [0.3, 0.4) is 0 Å². The molecule has 1 aliphatic rings. The number of nitrogens with zero attached hydrogens (tertiary/aromatic N) is 1. The van der Waals surface area contributed by atoms with Crippen LogP contribution < -0.4 is 0 Å². The number of rotatable bonds is 3. The number of hydrogen-bond donors (Lipinski definition) is 2. The molecule has 0 amide bonds. The quantitative estimate of drug-likeness (QED) is 0.636. The van der Waals surface area contributed by atoms with E-state index < -0.39 is 11.9 Å². The smallest absolute Gasteiger partial charge is 0.332 e. The van der Waals surface area contributed by atoms with Crippen LogP contribution in [0.5, 0.6) is 0 Å². The van der Waals surface area contributed by atoms with E-state index in [-0.39, 0.29) is 18.7 Å². The third-order valence-electron chi connectivity index (χ3n) is 1.86. The monoisotopic (exact) mass is 185 g/mol. The Balaban J connectivity index is 2.52. The fourth-order valence-electron chi connectivity index (χ4n) is 1.29. The van der Waals surface area contributed by atoms with E-state index in [9.17, 15) is 9.59 Å². The molecule has 0 unspecified atom stereocenters. The van der Waals surface area contributed by atoms with E-state index in [1.54, 1.807) is 11.0 Å². The first-order valence-electron chi connectivity index (χ1n) is 3.96. The summed E-state index contributed by atoms with van der Waals surface area (Å²) >= 11 is 0. The van der Waals surface area contributed by atoms with Crippen LogP contribution in [0.15, 0.2) is 11.6 Å². The Kier molecular flexibility index (Phi) is 3.02. The van der Waals surface area contributed by atoms with Gasteiger partial charge >= 0.3 is 11.9 Å². The maximum atomic E-state index is 10.5. The molecule has 5 heteroatoms. The fraction of sp³-hybridized carbons (Fsp3) is 0.500. The predicted molar refractivity (Wildman–Crippen MR) is 44.4 cm³/mol. The Labute approximate surface area is 75.3 Å². The lowest BCUT2D eigenvalue weighted by molar-refractivity contribution is -0.139. The molecular weight excluding hydrogens is 174 g/mol. The molecule has 0 aromatic rings. The van der Waals surface area contributed by atoms with E-state index in [1.165, 1.54) is 0 Å². The Bertz CT molecular complexity index is 259. The maximum absolute atomic E-state index is 10.5. The van der Waals surface area contributed by atoms with E-state index in [0.717, 1.165) is 0 Å². The highest BCUT2D eigenvalue weighted by Gasteiger charge is 2.18.